The standard InChI is InChI=1S/C12H19N3O4/c1-13-10-4-3-5-11(12(10)15(17)18)14-7-6-9(16)8-19-2/h3-5,9,13-14,16H,6-8H2,1-2H3. The first-order chi connectivity index (χ1) is 9.10. The summed E-state index contributed by atoms with van der Waals surface area (Å²) in [6.07, 6.45) is -0.126. The fraction of sp³-hybridized carbons (Fsp3) is 0.500. The Hall–Kier alpha value is -1.86. The highest BCUT2D eigenvalue weighted by molar-refractivity contribution is 5.75. The van der Waals surface area contributed by atoms with Crippen LogP contribution in [0.2, 0.25) is 0 Å². The van der Waals surface area contributed by atoms with Gasteiger partial charge in [-0.1, -0.05) is 6.07 Å². The number of benzene rings is 1. The molecule has 0 aliphatic heterocycles. The van der Waals surface area contributed by atoms with E-state index in [9.17, 15) is 15.2 Å². The summed E-state index contributed by atoms with van der Waals surface area (Å²) in [5.41, 5.74) is 0.889. The summed E-state index contributed by atoms with van der Waals surface area (Å²) in [7, 11) is 3.15. The van der Waals surface area contributed by atoms with Gasteiger partial charge in [-0.25, -0.2) is 0 Å². The van der Waals surface area contributed by atoms with Crippen LogP contribution in [0.4, 0.5) is 17.1 Å². The number of nitrogens with one attached hydrogen (secondary N) is 2. The lowest BCUT2D eigenvalue weighted by atomic mass is 10.2. The highest BCUT2D eigenvalue weighted by Crippen LogP contribution is 2.32. The Morgan fingerprint density at radius 2 is 2.16 bits per heavy atom. The van der Waals surface area contributed by atoms with E-state index in [0.717, 1.165) is 0 Å². The van der Waals surface area contributed by atoms with Crippen molar-refractivity contribution in [2.45, 2.75) is 12.5 Å². The first kappa shape index (κ1) is 15.2. The van der Waals surface area contributed by atoms with Crippen molar-refractivity contribution in [3.8, 4) is 0 Å². The molecule has 0 heterocycles. The van der Waals surface area contributed by atoms with Gasteiger partial charge in [0, 0.05) is 20.7 Å². The molecule has 1 rings (SSSR count). The van der Waals surface area contributed by atoms with Crippen molar-refractivity contribution in [1.82, 2.24) is 0 Å². The second kappa shape index (κ2) is 7.55. The van der Waals surface area contributed by atoms with Crippen molar-refractivity contribution in [3.63, 3.8) is 0 Å². The molecule has 0 spiro atoms. The molecule has 106 valence electrons. The van der Waals surface area contributed by atoms with E-state index in [-0.39, 0.29) is 12.3 Å². The average molecular weight is 269 g/mol. The van der Waals surface area contributed by atoms with Crippen LogP contribution in [0, 0.1) is 10.1 Å². The molecule has 3 N–H and O–H groups in total. The molecule has 0 radical (unpaired) electrons. The van der Waals surface area contributed by atoms with Crippen molar-refractivity contribution in [2.75, 3.05) is 37.9 Å². The molecule has 0 aliphatic carbocycles. The van der Waals surface area contributed by atoms with Crippen LogP contribution in [0.3, 0.4) is 0 Å². The van der Waals surface area contributed by atoms with Crippen LogP contribution in [0.15, 0.2) is 18.2 Å². The normalized spacial score (nSPS) is 11.9. The fourth-order valence-corrected chi connectivity index (χ4v) is 1.73. The topological polar surface area (TPSA) is 96.7 Å². The first-order valence-electron chi connectivity index (χ1n) is 5.96. The zero-order valence-electron chi connectivity index (χ0n) is 11.0. The van der Waals surface area contributed by atoms with Gasteiger partial charge in [-0.3, -0.25) is 10.1 Å². The highest BCUT2D eigenvalue weighted by Gasteiger charge is 2.18. The lowest BCUT2D eigenvalue weighted by Crippen LogP contribution is -2.18. The Balaban J connectivity index is 2.70. The summed E-state index contributed by atoms with van der Waals surface area (Å²) in [5, 5.41) is 26.3. The van der Waals surface area contributed by atoms with Gasteiger partial charge in [-0.2, -0.15) is 0 Å². The van der Waals surface area contributed by atoms with Gasteiger partial charge in [0.25, 0.3) is 0 Å². The van der Waals surface area contributed by atoms with Crippen molar-refractivity contribution in [2.24, 2.45) is 0 Å². The van der Waals surface area contributed by atoms with E-state index in [1.165, 1.54) is 7.11 Å². The van der Waals surface area contributed by atoms with E-state index in [2.05, 4.69) is 10.6 Å². The van der Waals surface area contributed by atoms with Crippen molar-refractivity contribution < 1.29 is 14.8 Å². The minimum Gasteiger partial charge on any atom is -0.391 e. The Kier molecular flexibility index (Phi) is 6.04. The molecule has 1 atom stereocenters. The maximum Gasteiger partial charge on any atom is 0.315 e. The highest BCUT2D eigenvalue weighted by atomic mass is 16.6. The van der Waals surface area contributed by atoms with E-state index in [1.807, 2.05) is 0 Å². The van der Waals surface area contributed by atoms with Crippen LogP contribution >= 0.6 is 0 Å². The second-order valence-electron chi connectivity index (χ2n) is 4.03. The number of nitro groups is 1. The predicted molar refractivity (Wildman–Crippen MR) is 73.6 cm³/mol. The number of methoxy groups -OCH3 is 1. The van der Waals surface area contributed by atoms with E-state index in [4.69, 9.17) is 4.74 Å². The SMILES string of the molecule is CNc1cccc(NCCC(O)COC)c1[N+](=O)[O-]. The minimum atomic E-state index is -0.580. The van der Waals surface area contributed by atoms with Gasteiger partial charge in [-0.05, 0) is 18.6 Å². The molecule has 1 aromatic carbocycles. The monoisotopic (exact) mass is 269 g/mol. The van der Waals surface area contributed by atoms with Crippen molar-refractivity contribution in [1.29, 1.82) is 0 Å². The van der Waals surface area contributed by atoms with Crippen LogP contribution in [-0.4, -0.2) is 43.4 Å². The van der Waals surface area contributed by atoms with Crippen LogP contribution < -0.4 is 10.6 Å². The number of anilines is 2. The number of hydrogen-bond donors (Lipinski definition) is 3. The molecule has 0 saturated heterocycles. The molecule has 0 bridgehead atoms. The first-order valence-corrected chi connectivity index (χ1v) is 5.96. The molecule has 1 unspecified atom stereocenters. The number of para-hydroxylation sites is 1. The number of nitro benzene ring substituents is 1. The summed E-state index contributed by atoms with van der Waals surface area (Å²) in [6, 6.07) is 5.01. The molecule has 0 amide bonds. The molecule has 0 saturated carbocycles. The molecular formula is C12H19N3O4. The molecule has 19 heavy (non-hydrogen) atoms. The smallest absolute Gasteiger partial charge is 0.315 e. The molecule has 0 aromatic heterocycles. The van der Waals surface area contributed by atoms with Crippen molar-refractivity contribution in [3.05, 3.63) is 28.3 Å². The molecule has 7 nitrogen and oxygen atoms in total. The van der Waals surface area contributed by atoms with E-state index < -0.39 is 11.0 Å². The van der Waals surface area contributed by atoms with Gasteiger partial charge in [0.15, 0.2) is 0 Å². The summed E-state index contributed by atoms with van der Waals surface area (Å²) >= 11 is 0. The van der Waals surface area contributed by atoms with E-state index in [1.54, 1.807) is 25.2 Å². The largest absolute Gasteiger partial charge is 0.391 e. The minimum absolute atomic E-state index is 0.00577. The van der Waals surface area contributed by atoms with Crippen LogP contribution in [0.25, 0.3) is 0 Å². The Bertz CT molecular complexity index is 425. The summed E-state index contributed by atoms with van der Waals surface area (Å²) < 4.78 is 4.81. The summed E-state index contributed by atoms with van der Waals surface area (Å²) in [4.78, 5) is 10.6. The summed E-state index contributed by atoms with van der Waals surface area (Å²) in [6.45, 7) is 0.679. The van der Waals surface area contributed by atoms with Gasteiger partial charge in [-0.15, -0.1) is 0 Å². The Morgan fingerprint density at radius 3 is 2.74 bits per heavy atom. The molecule has 0 aliphatic rings. The molecule has 7 heteroatoms. The number of ether oxygens (including phenoxy) is 1. The van der Waals surface area contributed by atoms with Gasteiger partial charge >= 0.3 is 5.69 Å². The fourth-order valence-electron chi connectivity index (χ4n) is 1.73. The summed E-state index contributed by atoms with van der Waals surface area (Å²) in [5.74, 6) is 0. The number of aliphatic hydroxyl groups is 1. The number of hydrogen-bond acceptors (Lipinski definition) is 6. The Labute approximate surface area is 111 Å². The molecule has 1 aromatic rings. The quantitative estimate of drug-likeness (QED) is 0.488. The maximum absolute atomic E-state index is 11.1. The zero-order chi connectivity index (χ0) is 14.3. The zero-order valence-corrected chi connectivity index (χ0v) is 11.0. The number of aliphatic hydroxyl groups excluding tert-OH is 1. The number of nitrogens with zero attached hydrogens (tertiary/aromatic N) is 1. The maximum atomic E-state index is 11.1. The van der Waals surface area contributed by atoms with Crippen LogP contribution in [-0.2, 0) is 4.74 Å². The van der Waals surface area contributed by atoms with Gasteiger partial charge < -0.3 is 20.5 Å². The van der Waals surface area contributed by atoms with Gasteiger partial charge in [0.1, 0.15) is 11.4 Å². The van der Waals surface area contributed by atoms with Crippen LogP contribution in [0.1, 0.15) is 6.42 Å². The third kappa shape index (κ3) is 4.38. The third-order valence-corrected chi connectivity index (χ3v) is 2.64. The lowest BCUT2D eigenvalue weighted by molar-refractivity contribution is -0.383. The Morgan fingerprint density at radius 1 is 1.47 bits per heavy atom. The molecule has 0 fully saturated rings. The van der Waals surface area contributed by atoms with Crippen molar-refractivity contribution >= 4 is 17.1 Å². The van der Waals surface area contributed by atoms with Crippen LogP contribution in [0.5, 0.6) is 0 Å². The molecular weight excluding hydrogens is 250 g/mol. The second-order valence-corrected chi connectivity index (χ2v) is 4.03. The lowest BCUT2D eigenvalue weighted by Gasteiger charge is -2.12. The van der Waals surface area contributed by atoms with Gasteiger partial charge in [0.05, 0.1) is 17.6 Å². The number of rotatable bonds is 8. The van der Waals surface area contributed by atoms with Gasteiger partial charge in [0.2, 0.25) is 0 Å². The van der Waals surface area contributed by atoms with E-state index >= 15 is 0 Å². The van der Waals surface area contributed by atoms with E-state index in [0.29, 0.717) is 24.3 Å². The average Bonchev–Trinajstić information content (AvgIpc) is 2.38. The third-order valence-electron chi connectivity index (χ3n) is 2.64. The predicted octanol–water partition coefficient (Wildman–Crippen LogP) is 1.45.